The van der Waals surface area contributed by atoms with Gasteiger partial charge in [-0.1, -0.05) is 56.3 Å². The van der Waals surface area contributed by atoms with Crippen LogP contribution in [0.5, 0.6) is 0 Å². The highest BCUT2D eigenvalue weighted by Gasteiger charge is 2.54. The minimum atomic E-state index is -0.924. The van der Waals surface area contributed by atoms with Gasteiger partial charge in [0.2, 0.25) is 0 Å². The number of aliphatic hydroxyl groups excluding tert-OH is 1. The normalized spacial score (nSPS) is 35.8. The van der Waals surface area contributed by atoms with E-state index in [1.54, 1.807) is 13.0 Å². The summed E-state index contributed by atoms with van der Waals surface area (Å²) in [6.07, 6.45) is 3.98. The van der Waals surface area contributed by atoms with Gasteiger partial charge in [0.15, 0.2) is 0 Å². The molecule has 2 fully saturated rings. The van der Waals surface area contributed by atoms with Crippen LogP contribution in [0.25, 0.3) is 6.08 Å². The standard InChI is InChI=1S/C24H32O4/c1-15(2)21-19(28-20(25)11-10-17-8-6-5-7-9-17)14-16(3)18-12-13-24(4,27)22(18)23(21)26/h5-11,15,18-19,21-23,26-27H,3,12-14H2,1-2,4H3/t18-,19+,21+,22+,23+,24-/m0/s1. The Morgan fingerprint density at radius 1 is 1.32 bits per heavy atom. The SMILES string of the molecule is C=C1C[C@@H](OC(=O)C=Cc2ccccc2)[C@@H](C(C)C)[C@@H](O)[C@H]2[C@H]1CC[C@]2(C)O. The molecule has 2 N–H and O–H groups in total. The van der Waals surface area contributed by atoms with E-state index in [1.807, 2.05) is 44.2 Å². The summed E-state index contributed by atoms with van der Waals surface area (Å²) in [4.78, 5) is 12.5. The van der Waals surface area contributed by atoms with Gasteiger partial charge in [-0.05, 0) is 43.2 Å². The summed E-state index contributed by atoms with van der Waals surface area (Å²) in [7, 11) is 0. The Kier molecular flexibility index (Phi) is 6.11. The zero-order valence-corrected chi connectivity index (χ0v) is 17.0. The van der Waals surface area contributed by atoms with Gasteiger partial charge < -0.3 is 14.9 Å². The van der Waals surface area contributed by atoms with Crippen molar-refractivity contribution in [2.45, 2.75) is 57.8 Å². The molecule has 1 aromatic rings. The van der Waals surface area contributed by atoms with Crippen LogP contribution in [0.1, 0.15) is 45.6 Å². The Bertz CT molecular complexity index is 734. The summed E-state index contributed by atoms with van der Waals surface area (Å²) < 4.78 is 5.81. The number of esters is 1. The molecule has 2 saturated carbocycles. The van der Waals surface area contributed by atoms with Crippen LogP contribution < -0.4 is 0 Å². The number of carbonyl (C=O) groups excluding carboxylic acids is 1. The Morgan fingerprint density at radius 3 is 2.64 bits per heavy atom. The Morgan fingerprint density at radius 2 is 2.00 bits per heavy atom. The van der Waals surface area contributed by atoms with Crippen molar-refractivity contribution < 1.29 is 19.7 Å². The first kappa shape index (κ1) is 20.8. The second kappa shape index (κ2) is 8.22. The number of benzene rings is 1. The number of hydrogen-bond acceptors (Lipinski definition) is 4. The highest BCUT2D eigenvalue weighted by Crippen LogP contribution is 2.51. The molecule has 0 saturated heterocycles. The zero-order chi connectivity index (χ0) is 20.5. The minimum Gasteiger partial charge on any atom is -0.458 e. The van der Waals surface area contributed by atoms with Crippen LogP contribution in [0.15, 0.2) is 48.6 Å². The van der Waals surface area contributed by atoms with Crippen LogP contribution in [0.2, 0.25) is 0 Å². The second-order valence-corrected chi connectivity index (χ2v) is 8.92. The van der Waals surface area contributed by atoms with E-state index < -0.39 is 23.8 Å². The number of ether oxygens (including phenoxy) is 1. The van der Waals surface area contributed by atoms with Gasteiger partial charge in [0, 0.05) is 24.3 Å². The molecule has 2 aliphatic carbocycles. The van der Waals surface area contributed by atoms with Gasteiger partial charge >= 0.3 is 5.97 Å². The largest absolute Gasteiger partial charge is 0.458 e. The summed E-state index contributed by atoms with van der Waals surface area (Å²) >= 11 is 0. The molecule has 0 aromatic heterocycles. The van der Waals surface area contributed by atoms with Crippen molar-refractivity contribution in [2.75, 3.05) is 0 Å². The molecule has 0 spiro atoms. The van der Waals surface area contributed by atoms with Crippen molar-refractivity contribution in [3.63, 3.8) is 0 Å². The van der Waals surface area contributed by atoms with Gasteiger partial charge in [-0.2, -0.15) is 0 Å². The molecular formula is C24H32O4. The van der Waals surface area contributed by atoms with Gasteiger partial charge in [0.1, 0.15) is 6.10 Å². The molecule has 0 unspecified atom stereocenters. The first-order valence-electron chi connectivity index (χ1n) is 10.2. The summed E-state index contributed by atoms with van der Waals surface area (Å²) in [5.41, 5.74) is 0.970. The predicted molar refractivity (Wildman–Crippen MR) is 110 cm³/mol. The summed E-state index contributed by atoms with van der Waals surface area (Å²) in [5, 5.41) is 22.1. The predicted octanol–water partition coefficient (Wildman–Crippen LogP) is 3.98. The lowest BCUT2D eigenvalue weighted by Gasteiger charge is -2.38. The van der Waals surface area contributed by atoms with Crippen LogP contribution in [-0.4, -0.2) is 34.0 Å². The molecule has 6 atom stereocenters. The molecular weight excluding hydrogens is 352 g/mol. The minimum absolute atomic E-state index is 0.0646. The second-order valence-electron chi connectivity index (χ2n) is 8.92. The number of carbonyl (C=O) groups is 1. The first-order chi connectivity index (χ1) is 13.2. The summed E-state index contributed by atoms with van der Waals surface area (Å²) in [5.74, 6) is -0.761. The maximum Gasteiger partial charge on any atom is 0.331 e. The molecule has 152 valence electrons. The summed E-state index contributed by atoms with van der Waals surface area (Å²) in [6.45, 7) is 10.1. The first-order valence-corrected chi connectivity index (χ1v) is 10.2. The van der Waals surface area contributed by atoms with E-state index in [4.69, 9.17) is 4.74 Å². The monoisotopic (exact) mass is 384 g/mol. The van der Waals surface area contributed by atoms with Crippen molar-refractivity contribution in [3.8, 4) is 0 Å². The van der Waals surface area contributed by atoms with Crippen LogP contribution in [0.3, 0.4) is 0 Å². The van der Waals surface area contributed by atoms with Crippen molar-refractivity contribution in [3.05, 3.63) is 54.1 Å². The average Bonchev–Trinajstić information content (AvgIpc) is 2.90. The van der Waals surface area contributed by atoms with Crippen LogP contribution >= 0.6 is 0 Å². The van der Waals surface area contributed by atoms with Crippen molar-refractivity contribution in [1.29, 1.82) is 0 Å². The van der Waals surface area contributed by atoms with Gasteiger partial charge in [-0.3, -0.25) is 0 Å². The lowest BCUT2D eigenvalue weighted by Crippen LogP contribution is -2.47. The molecule has 0 radical (unpaired) electrons. The third-order valence-electron chi connectivity index (χ3n) is 6.54. The molecule has 3 rings (SSSR count). The number of rotatable bonds is 4. The number of aliphatic hydroxyl groups is 2. The highest BCUT2D eigenvalue weighted by molar-refractivity contribution is 5.87. The van der Waals surface area contributed by atoms with Gasteiger partial charge in [0.25, 0.3) is 0 Å². The average molecular weight is 385 g/mol. The third kappa shape index (κ3) is 4.23. The molecule has 0 heterocycles. The fraction of sp³-hybridized carbons (Fsp3) is 0.542. The Hall–Kier alpha value is -1.91. The molecule has 28 heavy (non-hydrogen) atoms. The lowest BCUT2D eigenvalue weighted by molar-refractivity contribution is -0.152. The molecule has 0 bridgehead atoms. The van der Waals surface area contributed by atoms with Crippen molar-refractivity contribution in [2.24, 2.45) is 23.7 Å². The van der Waals surface area contributed by atoms with Crippen LogP contribution in [0, 0.1) is 23.7 Å². The summed E-state index contributed by atoms with van der Waals surface area (Å²) in [6, 6.07) is 9.59. The topological polar surface area (TPSA) is 66.8 Å². The number of fused-ring (bicyclic) bond motifs is 1. The number of hydrogen-bond donors (Lipinski definition) is 2. The molecule has 4 nitrogen and oxygen atoms in total. The van der Waals surface area contributed by atoms with E-state index in [2.05, 4.69) is 6.58 Å². The molecule has 0 amide bonds. The molecule has 2 aliphatic rings. The fourth-order valence-electron chi connectivity index (χ4n) is 5.16. The van der Waals surface area contributed by atoms with E-state index in [9.17, 15) is 15.0 Å². The van der Waals surface area contributed by atoms with E-state index in [-0.39, 0.29) is 23.7 Å². The maximum absolute atomic E-state index is 12.5. The van der Waals surface area contributed by atoms with E-state index >= 15 is 0 Å². The Balaban J connectivity index is 1.80. The van der Waals surface area contributed by atoms with E-state index in [0.29, 0.717) is 12.8 Å². The van der Waals surface area contributed by atoms with Crippen LogP contribution in [-0.2, 0) is 9.53 Å². The Labute approximate surface area is 167 Å². The zero-order valence-electron chi connectivity index (χ0n) is 17.0. The van der Waals surface area contributed by atoms with Crippen molar-refractivity contribution in [1.82, 2.24) is 0 Å². The molecule has 4 heteroatoms. The van der Waals surface area contributed by atoms with E-state index in [0.717, 1.165) is 17.6 Å². The third-order valence-corrected chi connectivity index (χ3v) is 6.54. The van der Waals surface area contributed by atoms with E-state index in [1.165, 1.54) is 6.08 Å². The van der Waals surface area contributed by atoms with Gasteiger partial charge in [-0.25, -0.2) is 4.79 Å². The fourth-order valence-corrected chi connectivity index (χ4v) is 5.16. The van der Waals surface area contributed by atoms with Crippen LogP contribution in [0.4, 0.5) is 0 Å². The van der Waals surface area contributed by atoms with Gasteiger partial charge in [-0.15, -0.1) is 0 Å². The quantitative estimate of drug-likeness (QED) is 0.468. The maximum atomic E-state index is 12.5. The smallest absolute Gasteiger partial charge is 0.331 e. The lowest BCUT2D eigenvalue weighted by atomic mass is 9.74. The molecule has 0 aliphatic heterocycles. The highest BCUT2D eigenvalue weighted by atomic mass is 16.5. The van der Waals surface area contributed by atoms with Gasteiger partial charge in [0.05, 0.1) is 11.7 Å². The van der Waals surface area contributed by atoms with Crippen molar-refractivity contribution >= 4 is 12.0 Å². The molecule has 1 aromatic carbocycles.